The average Bonchev–Trinajstić information content (AvgIpc) is 2.54. The molecule has 2 aromatic rings. The summed E-state index contributed by atoms with van der Waals surface area (Å²) in [6.45, 7) is 2.11. The van der Waals surface area contributed by atoms with Gasteiger partial charge in [-0.2, -0.15) is 27.1 Å². The Morgan fingerprint density at radius 3 is 2.56 bits per heavy atom. The zero-order valence-corrected chi connectivity index (χ0v) is 14.8. The number of hydrazone groups is 1. The molecule has 0 heterocycles. The molecule has 0 saturated carbocycles. The molecule has 0 fully saturated rings. The van der Waals surface area contributed by atoms with Crippen molar-refractivity contribution in [2.24, 2.45) is 5.10 Å². The number of nitrogens with one attached hydrogen (secondary N) is 1. The average molecular weight is 368 g/mol. The van der Waals surface area contributed by atoms with E-state index in [-0.39, 0.29) is 10.6 Å². The highest BCUT2D eigenvalue weighted by molar-refractivity contribution is 7.89. The van der Waals surface area contributed by atoms with Gasteiger partial charge in [0.25, 0.3) is 10.0 Å². The van der Waals surface area contributed by atoms with Gasteiger partial charge in [-0.05, 0) is 50.1 Å². The van der Waals surface area contributed by atoms with Crippen LogP contribution in [0.25, 0.3) is 0 Å². The highest BCUT2D eigenvalue weighted by atomic mass is 32.2. The summed E-state index contributed by atoms with van der Waals surface area (Å²) in [5.74, 6) is -0.0283. The van der Waals surface area contributed by atoms with Crippen LogP contribution in [-0.2, 0) is 10.0 Å². The molecule has 25 heavy (non-hydrogen) atoms. The second kappa shape index (κ2) is 7.60. The molecule has 0 radical (unpaired) electrons. The standard InChI is InChI=1S/C17H18F2N2O3S/c1-11-7-8-12(2)16(9-11)25(22,23)21-20-13(3)14-5-4-6-15(10-14)24-17(18)19/h4-10,17,21H,1-3H3/b20-13+. The Bertz CT molecular complexity index is 897. The predicted molar refractivity (Wildman–Crippen MR) is 91.5 cm³/mol. The highest BCUT2D eigenvalue weighted by Crippen LogP contribution is 2.18. The second-order valence-electron chi connectivity index (χ2n) is 5.47. The number of hydrogen-bond acceptors (Lipinski definition) is 4. The number of rotatable bonds is 6. The Morgan fingerprint density at radius 2 is 1.88 bits per heavy atom. The lowest BCUT2D eigenvalue weighted by Crippen LogP contribution is -2.21. The van der Waals surface area contributed by atoms with E-state index in [0.717, 1.165) is 5.56 Å². The lowest BCUT2D eigenvalue weighted by atomic mass is 10.1. The molecule has 8 heteroatoms. The summed E-state index contributed by atoms with van der Waals surface area (Å²) in [5.41, 5.74) is 2.18. The smallest absolute Gasteiger partial charge is 0.387 e. The molecule has 2 rings (SSSR count). The third-order valence-electron chi connectivity index (χ3n) is 3.44. The first-order valence-electron chi connectivity index (χ1n) is 7.37. The molecular formula is C17H18F2N2O3S. The third kappa shape index (κ3) is 4.99. The van der Waals surface area contributed by atoms with Crippen molar-refractivity contribution in [3.05, 3.63) is 59.2 Å². The van der Waals surface area contributed by atoms with Crippen LogP contribution in [0.3, 0.4) is 0 Å². The van der Waals surface area contributed by atoms with Gasteiger partial charge in [-0.3, -0.25) is 0 Å². The van der Waals surface area contributed by atoms with Crippen LogP contribution in [-0.4, -0.2) is 20.7 Å². The van der Waals surface area contributed by atoms with Crippen LogP contribution < -0.4 is 9.57 Å². The molecule has 0 bridgehead atoms. The summed E-state index contributed by atoms with van der Waals surface area (Å²) in [7, 11) is -3.83. The van der Waals surface area contributed by atoms with Crippen LogP contribution in [0.4, 0.5) is 8.78 Å². The van der Waals surface area contributed by atoms with Crippen molar-refractivity contribution >= 4 is 15.7 Å². The van der Waals surface area contributed by atoms with Gasteiger partial charge >= 0.3 is 6.61 Å². The quantitative estimate of drug-likeness (QED) is 0.626. The van der Waals surface area contributed by atoms with Crippen LogP contribution in [0.15, 0.2) is 52.5 Å². The number of sulfonamides is 1. The summed E-state index contributed by atoms with van der Waals surface area (Å²) in [6.07, 6.45) is 0. The number of alkyl halides is 2. The molecule has 0 unspecified atom stereocenters. The Morgan fingerprint density at radius 1 is 1.16 bits per heavy atom. The topological polar surface area (TPSA) is 67.8 Å². The van der Waals surface area contributed by atoms with Crippen LogP contribution in [0, 0.1) is 13.8 Å². The van der Waals surface area contributed by atoms with Crippen LogP contribution in [0.5, 0.6) is 5.75 Å². The van der Waals surface area contributed by atoms with E-state index in [4.69, 9.17) is 0 Å². The summed E-state index contributed by atoms with van der Waals surface area (Å²) < 4.78 is 53.7. The number of nitrogens with zero attached hydrogens (tertiary/aromatic N) is 1. The molecule has 134 valence electrons. The monoisotopic (exact) mass is 368 g/mol. The first-order chi connectivity index (χ1) is 11.7. The largest absolute Gasteiger partial charge is 0.435 e. The van der Waals surface area contributed by atoms with Gasteiger partial charge in [0, 0.05) is 5.56 Å². The first kappa shape index (κ1) is 18.9. The highest BCUT2D eigenvalue weighted by Gasteiger charge is 2.16. The molecule has 0 spiro atoms. The third-order valence-corrected chi connectivity index (χ3v) is 4.79. The lowest BCUT2D eigenvalue weighted by molar-refractivity contribution is -0.0498. The molecule has 0 aromatic heterocycles. The fourth-order valence-electron chi connectivity index (χ4n) is 2.14. The van der Waals surface area contributed by atoms with Crippen molar-refractivity contribution in [2.75, 3.05) is 0 Å². The van der Waals surface area contributed by atoms with E-state index in [9.17, 15) is 17.2 Å². The molecule has 0 aliphatic carbocycles. The normalized spacial score (nSPS) is 12.3. The number of ether oxygens (including phenoxy) is 1. The minimum Gasteiger partial charge on any atom is -0.435 e. The maximum atomic E-state index is 12.4. The van der Waals surface area contributed by atoms with Crippen molar-refractivity contribution in [3.63, 3.8) is 0 Å². The molecular weight excluding hydrogens is 350 g/mol. The summed E-state index contributed by atoms with van der Waals surface area (Å²) in [6, 6.07) is 11.0. The van der Waals surface area contributed by atoms with E-state index in [0.29, 0.717) is 16.8 Å². The van der Waals surface area contributed by atoms with E-state index < -0.39 is 16.6 Å². The lowest BCUT2D eigenvalue weighted by Gasteiger charge is -2.09. The SMILES string of the molecule is C/C(=N\NS(=O)(=O)c1cc(C)ccc1C)c1cccc(OC(F)F)c1. The molecule has 0 saturated heterocycles. The van der Waals surface area contributed by atoms with Crippen molar-refractivity contribution in [1.29, 1.82) is 0 Å². The van der Waals surface area contributed by atoms with Crippen LogP contribution in [0.1, 0.15) is 23.6 Å². The number of hydrogen-bond donors (Lipinski definition) is 1. The van der Waals surface area contributed by atoms with Gasteiger partial charge in [0.2, 0.25) is 0 Å². The maximum Gasteiger partial charge on any atom is 0.387 e. The molecule has 1 N–H and O–H groups in total. The van der Waals surface area contributed by atoms with Gasteiger partial charge in [0.05, 0.1) is 10.6 Å². The number of aryl methyl sites for hydroxylation is 2. The van der Waals surface area contributed by atoms with Gasteiger partial charge in [-0.1, -0.05) is 24.3 Å². The van der Waals surface area contributed by atoms with Gasteiger partial charge in [0.1, 0.15) is 5.75 Å². The van der Waals surface area contributed by atoms with Crippen molar-refractivity contribution in [3.8, 4) is 5.75 Å². The second-order valence-corrected chi connectivity index (χ2v) is 7.10. The molecule has 5 nitrogen and oxygen atoms in total. The summed E-state index contributed by atoms with van der Waals surface area (Å²) in [5, 5.41) is 3.87. The van der Waals surface area contributed by atoms with Crippen LogP contribution >= 0.6 is 0 Å². The molecule has 0 amide bonds. The summed E-state index contributed by atoms with van der Waals surface area (Å²) in [4.78, 5) is 2.31. The molecule has 0 aliphatic heterocycles. The maximum absolute atomic E-state index is 12.4. The van der Waals surface area contributed by atoms with Gasteiger partial charge in [0.15, 0.2) is 0 Å². The van der Waals surface area contributed by atoms with Crippen molar-refractivity contribution in [1.82, 2.24) is 4.83 Å². The van der Waals surface area contributed by atoms with Crippen LogP contribution in [0.2, 0.25) is 0 Å². The number of halogens is 2. The minimum atomic E-state index is -3.83. The minimum absolute atomic E-state index is 0.0283. The van der Waals surface area contributed by atoms with Crippen molar-refractivity contribution < 1.29 is 21.9 Å². The molecule has 0 aliphatic rings. The van der Waals surface area contributed by atoms with Gasteiger partial charge in [-0.15, -0.1) is 0 Å². The molecule has 2 aromatic carbocycles. The van der Waals surface area contributed by atoms with Crippen molar-refractivity contribution in [2.45, 2.75) is 32.3 Å². The van der Waals surface area contributed by atoms with Gasteiger partial charge < -0.3 is 4.74 Å². The fourth-order valence-corrected chi connectivity index (χ4v) is 3.32. The zero-order chi connectivity index (χ0) is 18.6. The van der Waals surface area contributed by atoms with E-state index in [2.05, 4.69) is 14.7 Å². The van der Waals surface area contributed by atoms with E-state index in [1.54, 1.807) is 39.0 Å². The van der Waals surface area contributed by atoms with E-state index in [1.165, 1.54) is 18.2 Å². The van der Waals surface area contributed by atoms with E-state index in [1.807, 2.05) is 6.07 Å². The Balaban J connectivity index is 2.24. The van der Waals surface area contributed by atoms with E-state index >= 15 is 0 Å². The first-order valence-corrected chi connectivity index (χ1v) is 8.86. The predicted octanol–water partition coefficient (Wildman–Crippen LogP) is 3.61. The van der Waals surface area contributed by atoms with Gasteiger partial charge in [-0.25, -0.2) is 0 Å². The Kier molecular flexibility index (Phi) is 5.73. The Hall–Kier alpha value is -2.48. The summed E-state index contributed by atoms with van der Waals surface area (Å²) >= 11 is 0. The fraction of sp³-hybridized carbons (Fsp3) is 0.235. The Labute approximate surface area is 145 Å². The number of benzene rings is 2. The zero-order valence-electron chi connectivity index (χ0n) is 14.0. The molecule has 0 atom stereocenters.